The minimum absolute atomic E-state index is 0.0417. The highest BCUT2D eigenvalue weighted by Crippen LogP contribution is 2.24. The van der Waals surface area contributed by atoms with E-state index in [0.717, 1.165) is 10.0 Å². The van der Waals surface area contributed by atoms with Crippen LogP contribution >= 0.6 is 27.5 Å². The Morgan fingerprint density at radius 1 is 1.20 bits per heavy atom. The van der Waals surface area contributed by atoms with E-state index in [0.29, 0.717) is 17.1 Å². The molecule has 2 nitrogen and oxygen atoms in total. The molecule has 1 amide bonds. The summed E-state index contributed by atoms with van der Waals surface area (Å²) in [5.41, 5.74) is 2.91. The molecule has 0 saturated carbocycles. The molecule has 0 aliphatic carbocycles. The fraction of sp³-hybridized carbons (Fsp3) is 0.188. The van der Waals surface area contributed by atoms with Crippen LogP contribution in [-0.4, -0.2) is 17.9 Å². The van der Waals surface area contributed by atoms with Crippen LogP contribution in [0.1, 0.15) is 21.5 Å². The second-order valence-electron chi connectivity index (χ2n) is 4.78. The Bertz CT molecular complexity index is 625. The molecule has 0 bridgehead atoms. The van der Waals surface area contributed by atoms with E-state index in [9.17, 15) is 4.79 Å². The molecule has 0 atom stereocenters. The number of halogens is 2. The molecule has 0 unspecified atom stereocenters. The fourth-order valence-corrected chi connectivity index (χ4v) is 2.32. The van der Waals surface area contributed by atoms with Crippen molar-refractivity contribution in [2.24, 2.45) is 0 Å². The van der Waals surface area contributed by atoms with Gasteiger partial charge < -0.3 is 4.90 Å². The van der Waals surface area contributed by atoms with Gasteiger partial charge in [-0.15, -0.1) is 0 Å². The molecule has 0 radical (unpaired) electrons. The molecule has 2 rings (SSSR count). The number of benzene rings is 2. The number of hydrogen-bond donors (Lipinski definition) is 0. The molecular weight excluding hydrogens is 338 g/mol. The van der Waals surface area contributed by atoms with Gasteiger partial charge in [-0.05, 0) is 46.6 Å². The first kappa shape index (κ1) is 15.1. The van der Waals surface area contributed by atoms with Gasteiger partial charge in [-0.2, -0.15) is 0 Å². The molecule has 4 heteroatoms. The van der Waals surface area contributed by atoms with E-state index in [-0.39, 0.29) is 5.91 Å². The summed E-state index contributed by atoms with van der Waals surface area (Å²) in [6.07, 6.45) is 0. The largest absolute Gasteiger partial charge is 0.337 e. The van der Waals surface area contributed by atoms with E-state index in [1.54, 1.807) is 30.1 Å². The van der Waals surface area contributed by atoms with Crippen molar-refractivity contribution in [3.05, 3.63) is 68.7 Å². The lowest BCUT2D eigenvalue weighted by atomic mass is 10.1. The third kappa shape index (κ3) is 3.62. The molecule has 104 valence electrons. The average Bonchev–Trinajstić information content (AvgIpc) is 2.43. The van der Waals surface area contributed by atoms with Crippen LogP contribution in [0.4, 0.5) is 0 Å². The molecule has 2 aromatic carbocycles. The predicted octanol–water partition coefficient (Wildman–Crippen LogP) is 4.68. The minimum Gasteiger partial charge on any atom is -0.337 e. The van der Waals surface area contributed by atoms with E-state index < -0.39 is 0 Å². The van der Waals surface area contributed by atoms with Crippen LogP contribution < -0.4 is 0 Å². The minimum atomic E-state index is -0.0417. The summed E-state index contributed by atoms with van der Waals surface area (Å²) in [6, 6.07) is 13.4. The van der Waals surface area contributed by atoms with Gasteiger partial charge >= 0.3 is 0 Å². The van der Waals surface area contributed by atoms with Gasteiger partial charge in [0.1, 0.15) is 0 Å². The van der Waals surface area contributed by atoms with Crippen molar-refractivity contribution in [3.63, 3.8) is 0 Å². The van der Waals surface area contributed by atoms with E-state index in [4.69, 9.17) is 11.6 Å². The van der Waals surface area contributed by atoms with Crippen molar-refractivity contribution < 1.29 is 4.79 Å². The lowest BCUT2D eigenvalue weighted by Gasteiger charge is -2.17. The molecule has 0 N–H and O–H groups in total. The van der Waals surface area contributed by atoms with Gasteiger partial charge in [0.25, 0.3) is 5.91 Å². The molecular formula is C16H15BrClNO. The van der Waals surface area contributed by atoms with Gasteiger partial charge in [0.2, 0.25) is 0 Å². The second-order valence-corrected chi connectivity index (χ2v) is 6.04. The summed E-state index contributed by atoms with van der Waals surface area (Å²) in [6.45, 7) is 2.62. The van der Waals surface area contributed by atoms with E-state index in [2.05, 4.69) is 15.9 Å². The average molecular weight is 353 g/mol. The van der Waals surface area contributed by atoms with Crippen molar-refractivity contribution >= 4 is 33.4 Å². The molecule has 0 spiro atoms. The number of carbonyl (C=O) groups is 1. The lowest BCUT2D eigenvalue weighted by Crippen LogP contribution is -2.26. The Kier molecular flexibility index (Phi) is 4.84. The maximum Gasteiger partial charge on any atom is 0.253 e. The number of hydrogen-bond acceptors (Lipinski definition) is 1. The molecule has 0 aromatic heterocycles. The molecule has 20 heavy (non-hydrogen) atoms. The highest BCUT2D eigenvalue weighted by atomic mass is 79.9. The van der Waals surface area contributed by atoms with E-state index in [1.807, 2.05) is 31.2 Å². The molecule has 2 aromatic rings. The SMILES string of the molecule is Cc1ccc(CN(C)C(=O)c2ccc(Br)c(Cl)c2)cc1. The lowest BCUT2D eigenvalue weighted by molar-refractivity contribution is 0.0785. The monoisotopic (exact) mass is 351 g/mol. The van der Waals surface area contributed by atoms with Crippen molar-refractivity contribution in [1.82, 2.24) is 4.90 Å². The number of aryl methyl sites for hydroxylation is 1. The maximum absolute atomic E-state index is 12.3. The van der Waals surface area contributed by atoms with Crippen molar-refractivity contribution in [2.75, 3.05) is 7.05 Å². The van der Waals surface area contributed by atoms with Crippen LogP contribution in [0.15, 0.2) is 46.9 Å². The zero-order valence-electron chi connectivity index (χ0n) is 11.4. The van der Waals surface area contributed by atoms with Crippen LogP contribution in [-0.2, 0) is 6.54 Å². The summed E-state index contributed by atoms with van der Waals surface area (Å²) >= 11 is 9.34. The zero-order chi connectivity index (χ0) is 14.7. The Morgan fingerprint density at radius 2 is 1.85 bits per heavy atom. The third-order valence-corrected chi connectivity index (χ3v) is 4.29. The quantitative estimate of drug-likeness (QED) is 0.785. The Morgan fingerprint density at radius 3 is 2.45 bits per heavy atom. The highest BCUT2D eigenvalue weighted by molar-refractivity contribution is 9.10. The molecule has 0 fully saturated rings. The van der Waals surface area contributed by atoms with Gasteiger partial charge in [-0.3, -0.25) is 4.79 Å². The van der Waals surface area contributed by atoms with Crippen LogP contribution in [0.5, 0.6) is 0 Å². The number of amides is 1. The smallest absolute Gasteiger partial charge is 0.253 e. The van der Waals surface area contributed by atoms with Gasteiger partial charge in [-0.25, -0.2) is 0 Å². The Labute approximate surface area is 132 Å². The summed E-state index contributed by atoms with van der Waals surface area (Å²) in [5, 5.41) is 0.541. The zero-order valence-corrected chi connectivity index (χ0v) is 13.7. The first-order chi connectivity index (χ1) is 9.47. The third-order valence-electron chi connectivity index (χ3n) is 3.05. The topological polar surface area (TPSA) is 20.3 Å². The van der Waals surface area contributed by atoms with Crippen LogP contribution in [0, 0.1) is 6.92 Å². The summed E-state index contributed by atoms with van der Waals surface area (Å²) < 4.78 is 0.789. The second kappa shape index (κ2) is 6.42. The highest BCUT2D eigenvalue weighted by Gasteiger charge is 2.13. The molecule has 0 heterocycles. The van der Waals surface area contributed by atoms with Crippen LogP contribution in [0.3, 0.4) is 0 Å². The van der Waals surface area contributed by atoms with E-state index in [1.165, 1.54) is 5.56 Å². The van der Waals surface area contributed by atoms with Gasteiger partial charge in [0.05, 0.1) is 5.02 Å². The molecule has 0 aliphatic rings. The van der Waals surface area contributed by atoms with Gasteiger partial charge in [-0.1, -0.05) is 41.4 Å². The van der Waals surface area contributed by atoms with Crippen LogP contribution in [0.2, 0.25) is 5.02 Å². The summed E-state index contributed by atoms with van der Waals surface area (Å²) in [7, 11) is 1.79. The summed E-state index contributed by atoms with van der Waals surface area (Å²) in [4.78, 5) is 14.0. The van der Waals surface area contributed by atoms with Crippen LogP contribution in [0.25, 0.3) is 0 Å². The Balaban J connectivity index is 2.11. The molecule has 0 saturated heterocycles. The first-order valence-corrected chi connectivity index (χ1v) is 7.40. The van der Waals surface area contributed by atoms with E-state index >= 15 is 0 Å². The number of rotatable bonds is 3. The van der Waals surface area contributed by atoms with Gasteiger partial charge in [0, 0.05) is 23.6 Å². The molecule has 0 aliphatic heterocycles. The maximum atomic E-state index is 12.3. The predicted molar refractivity (Wildman–Crippen MR) is 86.1 cm³/mol. The number of nitrogens with zero attached hydrogens (tertiary/aromatic N) is 1. The van der Waals surface area contributed by atoms with Crippen molar-refractivity contribution in [3.8, 4) is 0 Å². The number of carbonyl (C=O) groups excluding carboxylic acids is 1. The van der Waals surface area contributed by atoms with Crippen molar-refractivity contribution in [1.29, 1.82) is 0 Å². The first-order valence-electron chi connectivity index (χ1n) is 6.23. The van der Waals surface area contributed by atoms with Crippen molar-refractivity contribution in [2.45, 2.75) is 13.5 Å². The fourth-order valence-electron chi connectivity index (χ4n) is 1.89. The normalized spacial score (nSPS) is 10.4. The standard InChI is InChI=1S/C16H15BrClNO/c1-11-3-5-12(6-4-11)10-19(2)16(20)13-7-8-14(17)15(18)9-13/h3-9H,10H2,1-2H3. The summed E-state index contributed by atoms with van der Waals surface area (Å²) in [5.74, 6) is -0.0417. The Hall–Kier alpha value is -1.32. The van der Waals surface area contributed by atoms with Gasteiger partial charge in [0.15, 0.2) is 0 Å².